The molecule has 72 valence electrons. The van der Waals surface area contributed by atoms with Crippen molar-refractivity contribution in [1.29, 1.82) is 0 Å². The second kappa shape index (κ2) is 4.38. The van der Waals surface area contributed by atoms with Gasteiger partial charge in [-0.2, -0.15) is 0 Å². The topological polar surface area (TPSA) is 21.3 Å². The molecule has 3 heteroatoms. The summed E-state index contributed by atoms with van der Waals surface area (Å²) in [6.45, 7) is 3.88. The van der Waals surface area contributed by atoms with Crippen LogP contribution in [-0.4, -0.2) is 12.6 Å². The quantitative estimate of drug-likeness (QED) is 0.597. The van der Waals surface area contributed by atoms with Gasteiger partial charge in [0.15, 0.2) is 0 Å². The molecule has 2 nitrogen and oxygen atoms in total. The maximum absolute atomic E-state index is 5.83. The summed E-state index contributed by atoms with van der Waals surface area (Å²) in [5, 5.41) is 3.11. The number of nitrogens with one attached hydrogen (secondary N) is 1. The van der Waals surface area contributed by atoms with E-state index in [1.54, 1.807) is 7.11 Å². The highest BCUT2D eigenvalue weighted by Gasteiger charge is 2.06. The molecule has 1 aromatic carbocycles. The molecule has 0 aliphatic rings. The zero-order chi connectivity index (χ0) is 9.84. The Bertz CT molecular complexity index is 286. The first kappa shape index (κ1) is 10.2. The van der Waals surface area contributed by atoms with Crippen LogP contribution in [0.25, 0.3) is 0 Å². The van der Waals surface area contributed by atoms with Crippen LogP contribution in [0.2, 0.25) is 0 Å². The molecule has 0 saturated carbocycles. The Kier molecular flexibility index (Phi) is 3.43. The maximum atomic E-state index is 5.83. The molecule has 0 amide bonds. The number of aryl methyl sites for hydroxylation is 1. The van der Waals surface area contributed by atoms with Gasteiger partial charge in [0.05, 0.1) is 18.3 Å². The monoisotopic (exact) mass is 199 g/mol. The molecule has 0 aliphatic carbocycles. The molecule has 0 fully saturated rings. The van der Waals surface area contributed by atoms with Crippen molar-refractivity contribution in [3.05, 3.63) is 23.8 Å². The minimum absolute atomic E-state index is 0.101. The SMILES string of the molecule is COc1c(C)cccc1NC(C)Cl. The Morgan fingerprint density at radius 1 is 1.46 bits per heavy atom. The third-order valence-corrected chi connectivity index (χ3v) is 1.88. The summed E-state index contributed by atoms with van der Waals surface area (Å²) >= 11 is 5.83. The van der Waals surface area contributed by atoms with Gasteiger partial charge in [-0.25, -0.2) is 0 Å². The third kappa shape index (κ3) is 2.52. The molecular weight excluding hydrogens is 186 g/mol. The van der Waals surface area contributed by atoms with Crippen molar-refractivity contribution in [1.82, 2.24) is 0 Å². The van der Waals surface area contributed by atoms with Gasteiger partial charge in [0.25, 0.3) is 0 Å². The van der Waals surface area contributed by atoms with Crippen molar-refractivity contribution in [2.24, 2.45) is 0 Å². The zero-order valence-corrected chi connectivity index (χ0v) is 8.85. The summed E-state index contributed by atoms with van der Waals surface area (Å²) in [6, 6.07) is 5.92. The molecule has 0 aromatic heterocycles. The normalized spacial score (nSPS) is 12.3. The molecule has 1 rings (SSSR count). The van der Waals surface area contributed by atoms with Gasteiger partial charge >= 0.3 is 0 Å². The Labute approximate surface area is 83.9 Å². The summed E-state index contributed by atoms with van der Waals surface area (Å²) in [5.41, 5.74) is 1.94. The number of rotatable bonds is 3. The van der Waals surface area contributed by atoms with Crippen molar-refractivity contribution in [3.63, 3.8) is 0 Å². The zero-order valence-electron chi connectivity index (χ0n) is 8.10. The first-order chi connectivity index (χ1) is 6.15. The molecular formula is C10H14ClNO. The summed E-state index contributed by atoms with van der Waals surface area (Å²) in [4.78, 5) is 0. The number of alkyl halides is 1. The molecule has 0 aliphatic heterocycles. The van der Waals surface area contributed by atoms with Gasteiger partial charge in [-0.3, -0.25) is 0 Å². The van der Waals surface area contributed by atoms with E-state index in [4.69, 9.17) is 16.3 Å². The number of hydrogen-bond donors (Lipinski definition) is 1. The molecule has 0 heterocycles. The van der Waals surface area contributed by atoms with Crippen molar-refractivity contribution in [2.45, 2.75) is 19.3 Å². The summed E-state index contributed by atoms with van der Waals surface area (Å²) < 4.78 is 5.26. The molecule has 0 saturated heterocycles. The molecule has 0 bridgehead atoms. The van der Waals surface area contributed by atoms with E-state index in [9.17, 15) is 0 Å². The highest BCUT2D eigenvalue weighted by atomic mass is 35.5. The highest BCUT2D eigenvalue weighted by molar-refractivity contribution is 6.21. The summed E-state index contributed by atoms with van der Waals surface area (Å²) in [6.07, 6.45) is 0. The average Bonchev–Trinajstić information content (AvgIpc) is 2.03. The molecule has 1 unspecified atom stereocenters. The van der Waals surface area contributed by atoms with Crippen molar-refractivity contribution >= 4 is 17.3 Å². The van der Waals surface area contributed by atoms with Crippen LogP contribution in [-0.2, 0) is 0 Å². The Hall–Kier alpha value is -0.890. The highest BCUT2D eigenvalue weighted by Crippen LogP contribution is 2.28. The largest absolute Gasteiger partial charge is 0.494 e. The fraction of sp³-hybridized carbons (Fsp3) is 0.400. The van der Waals surface area contributed by atoms with E-state index < -0.39 is 0 Å². The van der Waals surface area contributed by atoms with E-state index in [0.29, 0.717) is 0 Å². The van der Waals surface area contributed by atoms with Gasteiger partial charge in [-0.1, -0.05) is 23.7 Å². The third-order valence-electron chi connectivity index (χ3n) is 1.77. The van der Waals surface area contributed by atoms with Crippen LogP contribution in [0, 0.1) is 6.92 Å². The maximum Gasteiger partial charge on any atom is 0.144 e. The first-order valence-electron chi connectivity index (χ1n) is 4.19. The van der Waals surface area contributed by atoms with Crippen LogP contribution in [0.5, 0.6) is 5.75 Å². The van der Waals surface area contributed by atoms with E-state index in [1.165, 1.54) is 0 Å². The van der Waals surface area contributed by atoms with E-state index >= 15 is 0 Å². The first-order valence-corrected chi connectivity index (χ1v) is 4.63. The van der Waals surface area contributed by atoms with E-state index in [0.717, 1.165) is 17.0 Å². The molecule has 1 atom stereocenters. The number of para-hydroxylation sites is 1. The van der Waals surface area contributed by atoms with Crippen LogP contribution in [0.4, 0.5) is 5.69 Å². The fourth-order valence-corrected chi connectivity index (χ4v) is 1.37. The van der Waals surface area contributed by atoms with Crippen LogP contribution >= 0.6 is 11.6 Å². The average molecular weight is 200 g/mol. The lowest BCUT2D eigenvalue weighted by atomic mass is 10.2. The van der Waals surface area contributed by atoms with E-state index in [2.05, 4.69) is 5.32 Å². The number of halogens is 1. The van der Waals surface area contributed by atoms with Gasteiger partial charge < -0.3 is 10.1 Å². The number of methoxy groups -OCH3 is 1. The molecule has 0 radical (unpaired) electrons. The van der Waals surface area contributed by atoms with Crippen LogP contribution in [0.3, 0.4) is 0 Å². The standard InChI is InChI=1S/C10H14ClNO/c1-7-5-4-6-9(10(7)13-3)12-8(2)11/h4-6,8,12H,1-3H3. The lowest BCUT2D eigenvalue weighted by Crippen LogP contribution is -2.08. The second-order valence-electron chi connectivity index (χ2n) is 2.92. The lowest BCUT2D eigenvalue weighted by molar-refractivity contribution is 0.413. The predicted octanol–water partition coefficient (Wildman–Crippen LogP) is 3.00. The second-order valence-corrected chi connectivity index (χ2v) is 3.57. The predicted molar refractivity (Wildman–Crippen MR) is 56.7 cm³/mol. The van der Waals surface area contributed by atoms with Crippen molar-refractivity contribution in [2.75, 3.05) is 12.4 Å². The lowest BCUT2D eigenvalue weighted by Gasteiger charge is -2.14. The number of benzene rings is 1. The smallest absolute Gasteiger partial charge is 0.144 e. The Morgan fingerprint density at radius 3 is 2.69 bits per heavy atom. The van der Waals surface area contributed by atoms with Crippen LogP contribution in [0.1, 0.15) is 12.5 Å². The number of ether oxygens (including phenoxy) is 1. The van der Waals surface area contributed by atoms with E-state index in [-0.39, 0.29) is 5.50 Å². The van der Waals surface area contributed by atoms with Gasteiger partial charge in [0, 0.05) is 0 Å². The van der Waals surface area contributed by atoms with Gasteiger partial charge in [0.1, 0.15) is 5.75 Å². The van der Waals surface area contributed by atoms with Crippen LogP contribution in [0.15, 0.2) is 18.2 Å². The number of anilines is 1. The molecule has 1 aromatic rings. The molecule has 1 N–H and O–H groups in total. The van der Waals surface area contributed by atoms with Gasteiger partial charge in [-0.15, -0.1) is 0 Å². The minimum atomic E-state index is -0.101. The minimum Gasteiger partial charge on any atom is -0.494 e. The van der Waals surface area contributed by atoms with Crippen molar-refractivity contribution < 1.29 is 4.74 Å². The van der Waals surface area contributed by atoms with Crippen molar-refractivity contribution in [3.8, 4) is 5.75 Å². The Balaban J connectivity index is 2.98. The van der Waals surface area contributed by atoms with Crippen LogP contribution < -0.4 is 10.1 Å². The molecule has 0 spiro atoms. The van der Waals surface area contributed by atoms with Gasteiger partial charge in [0.2, 0.25) is 0 Å². The summed E-state index contributed by atoms with van der Waals surface area (Å²) in [5.74, 6) is 0.856. The molecule has 13 heavy (non-hydrogen) atoms. The van der Waals surface area contributed by atoms with Gasteiger partial charge in [-0.05, 0) is 25.5 Å². The van der Waals surface area contributed by atoms with E-state index in [1.807, 2.05) is 32.0 Å². The number of hydrogen-bond acceptors (Lipinski definition) is 2. The Morgan fingerprint density at radius 2 is 2.15 bits per heavy atom. The summed E-state index contributed by atoms with van der Waals surface area (Å²) in [7, 11) is 1.66. The fourth-order valence-electron chi connectivity index (χ4n) is 1.25.